The molecule has 0 bridgehead atoms. The summed E-state index contributed by atoms with van der Waals surface area (Å²) in [6.45, 7) is 6.22. The molecule has 0 fully saturated rings. The van der Waals surface area contributed by atoms with Crippen molar-refractivity contribution in [2.75, 3.05) is 0 Å². The van der Waals surface area contributed by atoms with Gasteiger partial charge in [-0.3, -0.25) is 4.99 Å². The molecule has 0 spiro atoms. The maximum absolute atomic E-state index is 11.2. The molecule has 150 valence electrons. The van der Waals surface area contributed by atoms with E-state index in [9.17, 15) is 4.79 Å². The molecule has 0 atom stereocenters. The van der Waals surface area contributed by atoms with Crippen LogP contribution >= 0.6 is 11.6 Å². The summed E-state index contributed by atoms with van der Waals surface area (Å²) in [5.74, 6) is -1.03. The van der Waals surface area contributed by atoms with Gasteiger partial charge in [-0.2, -0.15) is 0 Å². The first-order valence-corrected chi connectivity index (χ1v) is 10.1. The second-order valence-electron chi connectivity index (χ2n) is 7.16. The van der Waals surface area contributed by atoms with Crippen LogP contribution in [-0.4, -0.2) is 21.9 Å². The molecule has 0 aliphatic rings. The molecule has 0 saturated heterocycles. The van der Waals surface area contributed by atoms with Crippen molar-refractivity contribution < 1.29 is 9.90 Å². The van der Waals surface area contributed by atoms with Crippen molar-refractivity contribution in [3.05, 3.63) is 81.6 Å². The quantitative estimate of drug-likeness (QED) is 0.451. The Hall–Kier alpha value is -2.85. The number of carbonyl (C=O) groups is 1. The lowest BCUT2D eigenvalue weighted by atomic mass is 10.1. The number of halogens is 1. The molecule has 0 amide bonds. The van der Waals surface area contributed by atoms with Gasteiger partial charge < -0.3 is 9.67 Å². The van der Waals surface area contributed by atoms with E-state index < -0.39 is 5.97 Å². The van der Waals surface area contributed by atoms with Gasteiger partial charge in [0.15, 0.2) is 0 Å². The van der Waals surface area contributed by atoms with Crippen LogP contribution in [0.4, 0.5) is 5.69 Å². The molecule has 4 nitrogen and oxygen atoms in total. The monoisotopic (exact) mass is 408 g/mol. The zero-order chi connectivity index (χ0) is 21.0. The molecular weight excluding hydrogens is 384 g/mol. The van der Waals surface area contributed by atoms with Crippen molar-refractivity contribution in [3.8, 4) is 5.69 Å². The lowest BCUT2D eigenvalue weighted by Gasteiger charge is -2.11. The molecular formula is C24H25ClN2O2. The average Bonchev–Trinajstić information content (AvgIpc) is 2.98. The van der Waals surface area contributed by atoms with E-state index in [1.165, 1.54) is 24.5 Å². The largest absolute Gasteiger partial charge is 0.478 e. The number of aromatic nitrogens is 1. The summed E-state index contributed by atoms with van der Waals surface area (Å²) in [5, 5.41) is 9.39. The SMILES string of the molecule is CCCCc1ccc(N=Cc2cc(C)n(-c3ccc(C(=O)O)c(Cl)c3)c2C)cc1. The third kappa shape index (κ3) is 4.77. The van der Waals surface area contributed by atoms with E-state index in [0.717, 1.165) is 34.7 Å². The molecule has 0 radical (unpaired) electrons. The first kappa shape index (κ1) is 20.9. The fourth-order valence-corrected chi connectivity index (χ4v) is 3.66. The summed E-state index contributed by atoms with van der Waals surface area (Å²) in [5.41, 5.74) is 6.24. The molecule has 5 heteroatoms. The molecule has 0 aliphatic heterocycles. The van der Waals surface area contributed by atoms with Crippen molar-refractivity contribution in [1.82, 2.24) is 4.57 Å². The van der Waals surface area contributed by atoms with Crippen LogP contribution in [0.2, 0.25) is 5.02 Å². The number of nitrogens with zero attached hydrogens (tertiary/aromatic N) is 2. The number of aryl methyl sites for hydroxylation is 2. The van der Waals surface area contributed by atoms with Crippen molar-refractivity contribution in [1.29, 1.82) is 0 Å². The number of aromatic carboxylic acids is 1. The Balaban J connectivity index is 1.85. The highest BCUT2D eigenvalue weighted by molar-refractivity contribution is 6.33. The van der Waals surface area contributed by atoms with E-state index in [0.29, 0.717) is 0 Å². The van der Waals surface area contributed by atoms with Crippen molar-refractivity contribution in [3.63, 3.8) is 0 Å². The minimum Gasteiger partial charge on any atom is -0.478 e. The van der Waals surface area contributed by atoms with E-state index in [4.69, 9.17) is 16.7 Å². The number of unbranched alkanes of at least 4 members (excludes halogenated alkanes) is 1. The van der Waals surface area contributed by atoms with Gasteiger partial charge in [0.25, 0.3) is 0 Å². The van der Waals surface area contributed by atoms with Crippen LogP contribution in [0.15, 0.2) is 53.5 Å². The fraction of sp³-hybridized carbons (Fsp3) is 0.250. The van der Waals surface area contributed by atoms with E-state index in [-0.39, 0.29) is 10.6 Å². The van der Waals surface area contributed by atoms with Crippen molar-refractivity contribution in [2.45, 2.75) is 40.0 Å². The van der Waals surface area contributed by atoms with Gasteiger partial charge in [0.2, 0.25) is 0 Å². The first-order chi connectivity index (χ1) is 13.9. The number of hydrogen-bond acceptors (Lipinski definition) is 2. The second-order valence-corrected chi connectivity index (χ2v) is 7.57. The van der Waals surface area contributed by atoms with Gasteiger partial charge in [0.1, 0.15) is 0 Å². The Bertz CT molecular complexity index is 1050. The molecule has 1 aromatic heterocycles. The van der Waals surface area contributed by atoms with Gasteiger partial charge in [-0.15, -0.1) is 0 Å². The molecule has 29 heavy (non-hydrogen) atoms. The highest BCUT2D eigenvalue weighted by Gasteiger charge is 2.13. The number of aliphatic imine (C=N–C) groups is 1. The van der Waals surface area contributed by atoms with E-state index in [1.54, 1.807) is 12.1 Å². The van der Waals surface area contributed by atoms with Crippen LogP contribution in [0, 0.1) is 13.8 Å². The number of carboxylic acid groups (broad SMARTS) is 1. The Kier molecular flexibility index (Phi) is 6.55. The van der Waals surface area contributed by atoms with Crippen LogP contribution in [-0.2, 0) is 6.42 Å². The maximum Gasteiger partial charge on any atom is 0.337 e. The van der Waals surface area contributed by atoms with Gasteiger partial charge >= 0.3 is 5.97 Å². The molecule has 0 unspecified atom stereocenters. The predicted octanol–water partition coefficient (Wildman–Crippen LogP) is 6.54. The topological polar surface area (TPSA) is 54.6 Å². The number of benzene rings is 2. The van der Waals surface area contributed by atoms with Crippen LogP contribution in [0.5, 0.6) is 0 Å². The third-order valence-electron chi connectivity index (χ3n) is 5.02. The Labute approximate surface area is 176 Å². The van der Waals surface area contributed by atoms with Gasteiger partial charge in [0, 0.05) is 28.9 Å². The second kappa shape index (κ2) is 9.10. The summed E-state index contributed by atoms with van der Waals surface area (Å²) in [6, 6.07) is 15.4. The number of rotatable bonds is 7. The molecule has 2 aromatic carbocycles. The zero-order valence-electron chi connectivity index (χ0n) is 16.9. The molecule has 0 saturated carbocycles. The average molecular weight is 409 g/mol. The standard InChI is InChI=1S/C24H25ClN2O2/c1-4-5-6-18-7-9-20(10-8-18)26-15-19-13-16(2)27(17(19)3)21-11-12-22(24(28)29)23(25)14-21/h7-15H,4-6H2,1-3H3,(H,28,29). The molecule has 3 aromatic rings. The number of hydrogen-bond donors (Lipinski definition) is 1. The highest BCUT2D eigenvalue weighted by Crippen LogP contribution is 2.25. The first-order valence-electron chi connectivity index (χ1n) is 9.76. The van der Waals surface area contributed by atoms with Crippen molar-refractivity contribution in [2.24, 2.45) is 4.99 Å². The Morgan fingerprint density at radius 3 is 2.48 bits per heavy atom. The highest BCUT2D eigenvalue weighted by atomic mass is 35.5. The van der Waals surface area contributed by atoms with E-state index in [2.05, 4.69) is 30.1 Å². The lowest BCUT2D eigenvalue weighted by Crippen LogP contribution is -2.02. The summed E-state index contributed by atoms with van der Waals surface area (Å²) in [7, 11) is 0. The zero-order valence-corrected chi connectivity index (χ0v) is 17.7. The van der Waals surface area contributed by atoms with Gasteiger partial charge in [0.05, 0.1) is 16.3 Å². The molecule has 1 heterocycles. The third-order valence-corrected chi connectivity index (χ3v) is 5.33. The van der Waals surface area contributed by atoms with Gasteiger partial charge in [-0.05, 0) is 68.7 Å². The number of carboxylic acids is 1. The minimum absolute atomic E-state index is 0.0991. The smallest absolute Gasteiger partial charge is 0.337 e. The van der Waals surface area contributed by atoms with Crippen LogP contribution in [0.1, 0.15) is 52.6 Å². The fourth-order valence-electron chi connectivity index (χ4n) is 3.41. The van der Waals surface area contributed by atoms with Crippen molar-refractivity contribution >= 4 is 29.5 Å². The molecule has 1 N–H and O–H groups in total. The summed E-state index contributed by atoms with van der Waals surface area (Å²) < 4.78 is 2.05. The molecule has 3 rings (SSSR count). The van der Waals surface area contributed by atoms with Crippen LogP contribution in [0.25, 0.3) is 5.69 Å². The normalized spacial score (nSPS) is 11.3. The maximum atomic E-state index is 11.2. The Morgan fingerprint density at radius 2 is 1.86 bits per heavy atom. The van der Waals surface area contributed by atoms with Crippen LogP contribution < -0.4 is 0 Å². The summed E-state index contributed by atoms with van der Waals surface area (Å²) >= 11 is 6.15. The summed E-state index contributed by atoms with van der Waals surface area (Å²) in [6.07, 6.45) is 5.36. The van der Waals surface area contributed by atoms with E-state index in [1.807, 2.05) is 36.8 Å². The van der Waals surface area contributed by atoms with E-state index >= 15 is 0 Å². The van der Waals surface area contributed by atoms with Gasteiger partial charge in [-0.25, -0.2) is 4.79 Å². The summed E-state index contributed by atoms with van der Waals surface area (Å²) in [4.78, 5) is 15.8. The Morgan fingerprint density at radius 1 is 1.14 bits per heavy atom. The minimum atomic E-state index is -1.03. The van der Waals surface area contributed by atoms with Crippen LogP contribution in [0.3, 0.4) is 0 Å². The van der Waals surface area contributed by atoms with Gasteiger partial charge in [-0.1, -0.05) is 37.1 Å². The molecule has 0 aliphatic carbocycles. The predicted molar refractivity (Wildman–Crippen MR) is 120 cm³/mol. The lowest BCUT2D eigenvalue weighted by molar-refractivity contribution is 0.0697.